The van der Waals surface area contributed by atoms with Gasteiger partial charge in [-0.3, -0.25) is 0 Å². The van der Waals surface area contributed by atoms with Crippen LogP contribution in [0.25, 0.3) is 0 Å². The first kappa shape index (κ1) is 27.9. The van der Waals surface area contributed by atoms with Crippen LogP contribution in [0.15, 0.2) is 58.3 Å². The number of hydrogen-bond acceptors (Lipinski definition) is 8. The summed E-state index contributed by atoms with van der Waals surface area (Å²) in [4.78, 5) is -0.245. The molecule has 0 aliphatic carbocycles. The number of nitrogens with zero attached hydrogens (tertiary/aromatic N) is 1. The SMILES string of the molecule is CNS(=O)(=O)c1cccc(OC[C@@H](O)CNC2COC3(CCN(S(=O)(=O)c4ccccc4F)CC3)C2)c1. The summed E-state index contributed by atoms with van der Waals surface area (Å²) in [5.41, 5.74) is -0.459. The van der Waals surface area contributed by atoms with E-state index < -0.39 is 37.6 Å². The number of halogens is 1. The largest absolute Gasteiger partial charge is 0.491 e. The fraction of sp³-hybridized carbons (Fsp3) is 0.500. The maximum atomic E-state index is 14.1. The molecule has 10 nitrogen and oxygen atoms in total. The van der Waals surface area contributed by atoms with Crippen molar-refractivity contribution in [3.05, 3.63) is 54.3 Å². The number of rotatable bonds is 10. The Morgan fingerprint density at radius 3 is 2.59 bits per heavy atom. The molecule has 2 fully saturated rings. The van der Waals surface area contributed by atoms with Gasteiger partial charge in [0.15, 0.2) is 0 Å². The quantitative estimate of drug-likeness (QED) is 0.395. The molecule has 0 bridgehead atoms. The van der Waals surface area contributed by atoms with Gasteiger partial charge >= 0.3 is 0 Å². The van der Waals surface area contributed by atoms with E-state index in [1.165, 1.54) is 41.7 Å². The lowest BCUT2D eigenvalue weighted by Crippen LogP contribution is -2.47. The van der Waals surface area contributed by atoms with Gasteiger partial charge in [0.2, 0.25) is 20.0 Å². The van der Waals surface area contributed by atoms with Crippen LogP contribution in [0.3, 0.4) is 0 Å². The fourth-order valence-corrected chi connectivity index (χ4v) is 6.93. The average Bonchev–Trinajstić information content (AvgIpc) is 3.29. The minimum Gasteiger partial charge on any atom is -0.491 e. The third-order valence-electron chi connectivity index (χ3n) is 6.77. The number of nitrogens with one attached hydrogen (secondary N) is 2. The Morgan fingerprint density at radius 1 is 1.16 bits per heavy atom. The third kappa shape index (κ3) is 6.48. The molecule has 37 heavy (non-hydrogen) atoms. The van der Waals surface area contributed by atoms with Crippen LogP contribution in [-0.4, -0.2) is 83.9 Å². The molecule has 2 aliphatic rings. The van der Waals surface area contributed by atoms with Gasteiger partial charge in [-0.2, -0.15) is 4.31 Å². The van der Waals surface area contributed by atoms with Gasteiger partial charge in [0.25, 0.3) is 0 Å². The Bertz CT molecular complexity index is 1300. The molecule has 0 aromatic heterocycles. The average molecular weight is 558 g/mol. The number of ether oxygens (including phenoxy) is 2. The van der Waals surface area contributed by atoms with Crippen molar-refractivity contribution >= 4 is 20.0 Å². The molecule has 2 heterocycles. The molecule has 13 heteroatoms. The smallest absolute Gasteiger partial charge is 0.245 e. The molecule has 1 spiro atoms. The third-order valence-corrected chi connectivity index (χ3v) is 10.1. The van der Waals surface area contributed by atoms with Crippen LogP contribution < -0.4 is 14.8 Å². The second-order valence-corrected chi connectivity index (χ2v) is 13.1. The van der Waals surface area contributed by atoms with Crippen LogP contribution in [0.2, 0.25) is 0 Å². The predicted octanol–water partition coefficient (Wildman–Crippen LogP) is 1.08. The first-order chi connectivity index (χ1) is 17.5. The Morgan fingerprint density at radius 2 is 1.89 bits per heavy atom. The maximum Gasteiger partial charge on any atom is 0.245 e. The van der Waals surface area contributed by atoms with E-state index in [2.05, 4.69) is 10.0 Å². The number of benzene rings is 2. The van der Waals surface area contributed by atoms with Crippen molar-refractivity contribution in [2.75, 3.05) is 39.9 Å². The molecule has 2 aromatic rings. The Kier molecular flexibility index (Phi) is 8.53. The highest BCUT2D eigenvalue weighted by molar-refractivity contribution is 7.89. The summed E-state index contributed by atoms with van der Waals surface area (Å²) < 4.78 is 78.8. The highest BCUT2D eigenvalue weighted by Crippen LogP contribution is 2.37. The van der Waals surface area contributed by atoms with E-state index in [4.69, 9.17) is 9.47 Å². The first-order valence-corrected chi connectivity index (χ1v) is 14.9. The van der Waals surface area contributed by atoms with Crippen molar-refractivity contribution < 1.29 is 35.8 Å². The lowest BCUT2D eigenvalue weighted by Gasteiger charge is -2.38. The molecule has 2 aliphatic heterocycles. The number of sulfonamides is 2. The molecular weight excluding hydrogens is 525 g/mol. The topological polar surface area (TPSA) is 134 Å². The number of piperidine rings is 1. The highest BCUT2D eigenvalue weighted by atomic mass is 32.2. The van der Waals surface area contributed by atoms with Crippen molar-refractivity contribution in [1.82, 2.24) is 14.3 Å². The van der Waals surface area contributed by atoms with Gasteiger partial charge in [-0.15, -0.1) is 0 Å². The summed E-state index contributed by atoms with van der Waals surface area (Å²) >= 11 is 0. The Balaban J connectivity index is 1.23. The van der Waals surface area contributed by atoms with E-state index in [-0.39, 0.29) is 42.1 Å². The highest BCUT2D eigenvalue weighted by Gasteiger charge is 2.45. The first-order valence-electron chi connectivity index (χ1n) is 12.0. The van der Waals surface area contributed by atoms with E-state index in [1.807, 2.05) is 0 Å². The molecule has 4 rings (SSSR count). The van der Waals surface area contributed by atoms with Gasteiger partial charge in [-0.05, 0) is 50.6 Å². The molecule has 0 amide bonds. The zero-order valence-corrected chi connectivity index (χ0v) is 22.1. The monoisotopic (exact) mass is 557 g/mol. The van der Waals surface area contributed by atoms with Crippen molar-refractivity contribution in [2.24, 2.45) is 0 Å². The van der Waals surface area contributed by atoms with E-state index >= 15 is 0 Å². The van der Waals surface area contributed by atoms with Crippen LogP contribution in [0.1, 0.15) is 19.3 Å². The molecule has 204 valence electrons. The van der Waals surface area contributed by atoms with Crippen LogP contribution in [-0.2, 0) is 24.8 Å². The zero-order chi connectivity index (χ0) is 26.7. The van der Waals surface area contributed by atoms with E-state index in [0.29, 0.717) is 31.6 Å². The zero-order valence-electron chi connectivity index (χ0n) is 20.5. The number of aliphatic hydroxyl groups is 1. The molecular formula is C24H32FN3O7S2. The van der Waals surface area contributed by atoms with E-state index in [0.717, 1.165) is 6.07 Å². The van der Waals surface area contributed by atoms with Gasteiger partial charge in [0.1, 0.15) is 29.2 Å². The van der Waals surface area contributed by atoms with Crippen LogP contribution in [0.4, 0.5) is 4.39 Å². The molecule has 2 saturated heterocycles. The molecule has 2 atom stereocenters. The van der Waals surface area contributed by atoms with Crippen molar-refractivity contribution in [3.63, 3.8) is 0 Å². The van der Waals surface area contributed by atoms with Gasteiger partial charge in [0, 0.05) is 31.7 Å². The molecule has 3 N–H and O–H groups in total. The predicted molar refractivity (Wildman–Crippen MR) is 134 cm³/mol. The molecule has 0 radical (unpaired) electrons. The van der Waals surface area contributed by atoms with Crippen LogP contribution >= 0.6 is 0 Å². The van der Waals surface area contributed by atoms with Crippen molar-refractivity contribution in [1.29, 1.82) is 0 Å². The molecule has 2 aromatic carbocycles. The lowest BCUT2D eigenvalue weighted by atomic mass is 9.88. The van der Waals surface area contributed by atoms with Crippen LogP contribution in [0.5, 0.6) is 5.75 Å². The van der Waals surface area contributed by atoms with E-state index in [1.54, 1.807) is 12.1 Å². The van der Waals surface area contributed by atoms with Crippen LogP contribution in [0, 0.1) is 5.82 Å². The second-order valence-electron chi connectivity index (χ2n) is 9.29. The van der Waals surface area contributed by atoms with Gasteiger partial charge in [-0.1, -0.05) is 18.2 Å². The maximum absolute atomic E-state index is 14.1. The van der Waals surface area contributed by atoms with E-state index in [9.17, 15) is 26.3 Å². The summed E-state index contributed by atoms with van der Waals surface area (Å²) in [5.74, 6) is -0.432. The Labute approximate surface area is 216 Å². The minimum atomic E-state index is -3.91. The second kappa shape index (κ2) is 11.3. The fourth-order valence-electron chi connectivity index (χ4n) is 4.65. The number of aliphatic hydroxyl groups excluding tert-OH is 1. The summed E-state index contributed by atoms with van der Waals surface area (Å²) in [6.07, 6.45) is 0.819. The lowest BCUT2D eigenvalue weighted by molar-refractivity contribution is -0.0312. The molecule has 1 unspecified atom stereocenters. The minimum absolute atomic E-state index is 0.0199. The van der Waals surface area contributed by atoms with Crippen molar-refractivity contribution in [2.45, 2.75) is 46.8 Å². The van der Waals surface area contributed by atoms with Crippen molar-refractivity contribution in [3.8, 4) is 5.75 Å². The van der Waals surface area contributed by atoms with Gasteiger partial charge < -0.3 is 19.9 Å². The standard InChI is InChI=1S/C24H32FN3O7S2/c1-26-36(30,31)21-6-4-5-20(13-21)34-17-19(29)15-27-18-14-24(35-16-18)9-11-28(12-10-24)37(32,33)23-8-3-2-7-22(23)25/h2-8,13,18-19,26-27,29H,9-12,14-17H2,1H3/t18?,19-/m0/s1. The number of hydrogen-bond donors (Lipinski definition) is 3. The summed E-state index contributed by atoms with van der Waals surface area (Å²) in [5, 5.41) is 13.6. The van der Waals surface area contributed by atoms with Gasteiger partial charge in [0.05, 0.1) is 17.1 Å². The normalized spacial score (nSPS) is 21.2. The molecule has 0 saturated carbocycles. The Hall–Kier alpha value is -2.13. The summed E-state index contributed by atoms with van der Waals surface area (Å²) in [7, 11) is -6.18. The van der Waals surface area contributed by atoms with Gasteiger partial charge in [-0.25, -0.2) is 25.9 Å². The summed E-state index contributed by atoms with van der Waals surface area (Å²) in [6.45, 7) is 1.12. The summed E-state index contributed by atoms with van der Waals surface area (Å²) in [6, 6.07) is 11.4.